The summed E-state index contributed by atoms with van der Waals surface area (Å²) in [4.78, 5) is 0. The van der Waals surface area contributed by atoms with Gasteiger partial charge in [-0.3, -0.25) is 0 Å². The number of hydrogen-bond acceptors (Lipinski definition) is 2. The van der Waals surface area contributed by atoms with Crippen LogP contribution >= 0.6 is 27.5 Å². The Bertz CT molecular complexity index is 574. The largest absolute Gasteiger partial charge is 0.494 e. The van der Waals surface area contributed by atoms with Crippen molar-refractivity contribution in [1.29, 1.82) is 0 Å². The molecule has 2 aromatic rings. The van der Waals surface area contributed by atoms with Crippen LogP contribution in [0, 0.1) is 0 Å². The summed E-state index contributed by atoms with van der Waals surface area (Å²) in [5.74, 6) is 0.913. The molecule has 0 spiro atoms. The van der Waals surface area contributed by atoms with Crippen LogP contribution in [-0.4, -0.2) is 6.61 Å². The van der Waals surface area contributed by atoms with E-state index in [1.165, 1.54) is 5.56 Å². The van der Waals surface area contributed by atoms with Gasteiger partial charge in [-0.2, -0.15) is 0 Å². The maximum atomic E-state index is 6.07. The van der Waals surface area contributed by atoms with Crippen molar-refractivity contribution in [3.8, 4) is 5.75 Å². The van der Waals surface area contributed by atoms with Crippen LogP contribution in [0.1, 0.15) is 18.9 Å². The van der Waals surface area contributed by atoms with Crippen LogP contribution in [0.3, 0.4) is 0 Å². The summed E-state index contributed by atoms with van der Waals surface area (Å²) >= 11 is 9.55. The van der Waals surface area contributed by atoms with E-state index in [2.05, 4.69) is 40.3 Å². The van der Waals surface area contributed by atoms with Gasteiger partial charge < -0.3 is 10.1 Å². The molecule has 0 amide bonds. The Balaban J connectivity index is 2.01. The van der Waals surface area contributed by atoms with Gasteiger partial charge in [-0.25, -0.2) is 0 Å². The van der Waals surface area contributed by atoms with Crippen LogP contribution in [0.15, 0.2) is 46.9 Å². The van der Waals surface area contributed by atoms with Gasteiger partial charge in [0.25, 0.3) is 0 Å². The summed E-state index contributed by atoms with van der Waals surface area (Å²) < 4.78 is 6.52. The number of ether oxygens (including phenoxy) is 1. The highest BCUT2D eigenvalue weighted by Gasteiger charge is 2.03. The molecule has 0 heterocycles. The molecule has 0 bridgehead atoms. The van der Waals surface area contributed by atoms with Gasteiger partial charge in [-0.1, -0.05) is 36.7 Å². The Morgan fingerprint density at radius 1 is 1.20 bits per heavy atom. The Morgan fingerprint density at radius 3 is 2.80 bits per heavy atom. The molecular weight excluding hydrogens is 338 g/mol. The highest BCUT2D eigenvalue weighted by atomic mass is 79.9. The van der Waals surface area contributed by atoms with E-state index in [1.807, 2.05) is 30.3 Å². The molecule has 0 aliphatic heterocycles. The molecular formula is C16H17BrClNO. The summed E-state index contributed by atoms with van der Waals surface area (Å²) in [6.07, 6.45) is 1.01. The number of hydrogen-bond donors (Lipinski definition) is 1. The standard InChI is InChI=1S/C16H17BrClNO/c1-2-9-20-13-6-3-5-12(10-13)11-19-15-8-4-7-14(18)16(15)17/h3-8,10,19H,2,9,11H2,1H3. The maximum absolute atomic E-state index is 6.07. The van der Waals surface area contributed by atoms with E-state index in [-0.39, 0.29) is 0 Å². The zero-order valence-corrected chi connectivity index (χ0v) is 13.7. The summed E-state index contributed by atoms with van der Waals surface area (Å²) in [5, 5.41) is 4.07. The fourth-order valence-electron chi connectivity index (χ4n) is 1.80. The molecule has 0 fully saturated rings. The van der Waals surface area contributed by atoms with Crippen molar-refractivity contribution in [2.75, 3.05) is 11.9 Å². The summed E-state index contributed by atoms with van der Waals surface area (Å²) in [5.41, 5.74) is 2.16. The second-order valence-corrected chi connectivity index (χ2v) is 5.65. The topological polar surface area (TPSA) is 21.3 Å². The second kappa shape index (κ2) is 7.55. The molecule has 2 nitrogen and oxygen atoms in total. The van der Waals surface area contributed by atoms with Gasteiger partial charge in [0.2, 0.25) is 0 Å². The third-order valence-corrected chi connectivity index (χ3v) is 4.20. The van der Waals surface area contributed by atoms with Gasteiger partial charge in [0, 0.05) is 6.54 Å². The van der Waals surface area contributed by atoms with Gasteiger partial charge in [0.05, 0.1) is 21.8 Å². The molecule has 2 aromatic carbocycles. The van der Waals surface area contributed by atoms with E-state index in [1.54, 1.807) is 0 Å². The lowest BCUT2D eigenvalue weighted by atomic mass is 10.2. The Morgan fingerprint density at radius 2 is 2.00 bits per heavy atom. The van der Waals surface area contributed by atoms with Crippen molar-refractivity contribution in [3.63, 3.8) is 0 Å². The summed E-state index contributed by atoms with van der Waals surface area (Å²) in [6, 6.07) is 13.9. The lowest BCUT2D eigenvalue weighted by Gasteiger charge is -2.11. The molecule has 4 heteroatoms. The zero-order valence-electron chi connectivity index (χ0n) is 11.3. The molecule has 2 rings (SSSR count). The highest BCUT2D eigenvalue weighted by molar-refractivity contribution is 9.10. The SMILES string of the molecule is CCCOc1cccc(CNc2cccc(Cl)c2Br)c1. The molecule has 1 N–H and O–H groups in total. The van der Waals surface area contributed by atoms with Crippen molar-refractivity contribution in [2.24, 2.45) is 0 Å². The smallest absolute Gasteiger partial charge is 0.119 e. The number of anilines is 1. The minimum Gasteiger partial charge on any atom is -0.494 e. The highest BCUT2D eigenvalue weighted by Crippen LogP contribution is 2.30. The Kier molecular flexibility index (Phi) is 5.74. The molecule has 106 valence electrons. The molecule has 0 saturated carbocycles. The fourth-order valence-corrected chi connectivity index (χ4v) is 2.38. The molecule has 0 aromatic heterocycles. The van der Waals surface area contributed by atoms with Gasteiger partial charge in [0.1, 0.15) is 5.75 Å². The van der Waals surface area contributed by atoms with Crippen LogP contribution in [0.25, 0.3) is 0 Å². The van der Waals surface area contributed by atoms with Crippen molar-refractivity contribution < 1.29 is 4.74 Å². The molecule has 20 heavy (non-hydrogen) atoms. The number of halogens is 2. The second-order valence-electron chi connectivity index (χ2n) is 4.45. The predicted molar refractivity (Wildman–Crippen MR) is 88.7 cm³/mol. The predicted octanol–water partition coefficient (Wildman–Crippen LogP) is 5.50. The third-order valence-electron chi connectivity index (χ3n) is 2.81. The summed E-state index contributed by atoms with van der Waals surface area (Å²) in [7, 11) is 0. The minimum atomic E-state index is 0.704. The van der Waals surface area contributed by atoms with E-state index in [9.17, 15) is 0 Å². The van der Waals surface area contributed by atoms with Gasteiger partial charge in [-0.05, 0) is 52.2 Å². The van der Waals surface area contributed by atoms with Crippen LogP contribution in [0.5, 0.6) is 5.75 Å². The van der Waals surface area contributed by atoms with Crippen molar-refractivity contribution >= 4 is 33.2 Å². The van der Waals surface area contributed by atoms with Crippen molar-refractivity contribution in [2.45, 2.75) is 19.9 Å². The molecule has 0 unspecified atom stereocenters. The first-order valence-electron chi connectivity index (χ1n) is 6.60. The average Bonchev–Trinajstić information content (AvgIpc) is 2.47. The first-order valence-corrected chi connectivity index (χ1v) is 7.77. The third kappa shape index (κ3) is 4.15. The molecule has 0 saturated heterocycles. The van der Waals surface area contributed by atoms with E-state index < -0.39 is 0 Å². The maximum Gasteiger partial charge on any atom is 0.119 e. The fraction of sp³-hybridized carbons (Fsp3) is 0.250. The average molecular weight is 355 g/mol. The summed E-state index contributed by atoms with van der Waals surface area (Å²) in [6.45, 7) is 3.57. The first-order chi connectivity index (χ1) is 9.70. The Hall–Kier alpha value is -1.19. The Labute approximate surface area is 133 Å². The lowest BCUT2D eigenvalue weighted by molar-refractivity contribution is 0.317. The number of nitrogens with one attached hydrogen (secondary N) is 1. The lowest BCUT2D eigenvalue weighted by Crippen LogP contribution is -2.01. The zero-order chi connectivity index (χ0) is 14.4. The van der Waals surface area contributed by atoms with Crippen LogP contribution in [-0.2, 0) is 6.54 Å². The molecule has 0 aliphatic rings. The van der Waals surface area contributed by atoms with Gasteiger partial charge in [-0.15, -0.1) is 0 Å². The van der Waals surface area contributed by atoms with Crippen molar-refractivity contribution in [3.05, 3.63) is 57.5 Å². The van der Waals surface area contributed by atoms with Crippen LogP contribution in [0.4, 0.5) is 5.69 Å². The van der Waals surface area contributed by atoms with E-state index >= 15 is 0 Å². The van der Waals surface area contributed by atoms with E-state index in [0.29, 0.717) is 5.02 Å². The van der Waals surface area contributed by atoms with E-state index in [0.717, 1.165) is 35.5 Å². The number of rotatable bonds is 6. The quantitative estimate of drug-likeness (QED) is 0.739. The van der Waals surface area contributed by atoms with Crippen LogP contribution < -0.4 is 10.1 Å². The molecule has 0 aliphatic carbocycles. The van der Waals surface area contributed by atoms with Crippen molar-refractivity contribution in [1.82, 2.24) is 0 Å². The molecule has 0 atom stereocenters. The monoisotopic (exact) mass is 353 g/mol. The minimum absolute atomic E-state index is 0.704. The molecule has 0 radical (unpaired) electrons. The number of benzene rings is 2. The van der Waals surface area contributed by atoms with E-state index in [4.69, 9.17) is 16.3 Å². The van der Waals surface area contributed by atoms with Gasteiger partial charge >= 0.3 is 0 Å². The van der Waals surface area contributed by atoms with Crippen LogP contribution in [0.2, 0.25) is 5.02 Å². The first kappa shape index (κ1) is 15.2. The van der Waals surface area contributed by atoms with Gasteiger partial charge in [0.15, 0.2) is 0 Å². The normalized spacial score (nSPS) is 10.3.